The Hall–Kier alpha value is -0.0800. The van der Waals surface area contributed by atoms with Crippen LogP contribution >= 0.6 is 0 Å². The zero-order chi connectivity index (χ0) is 7.56. The fraction of sp³-hybridized carbons (Fsp3) is 1.00. The van der Waals surface area contributed by atoms with Crippen LogP contribution in [-0.4, -0.2) is 36.2 Å². The molecule has 0 aromatic heterocycles. The van der Waals surface area contributed by atoms with Crippen LogP contribution in [0.4, 0.5) is 0 Å². The number of rotatable bonds is 1. The molecule has 0 bridgehead atoms. The van der Waals surface area contributed by atoms with E-state index in [2.05, 4.69) is 18.9 Å². The van der Waals surface area contributed by atoms with Crippen LogP contribution in [0, 0.1) is 5.92 Å². The highest BCUT2D eigenvalue weighted by Crippen LogP contribution is 2.18. The van der Waals surface area contributed by atoms with Gasteiger partial charge in [0.1, 0.15) is 0 Å². The maximum absolute atomic E-state index is 9.46. The third kappa shape index (κ3) is 1.70. The lowest BCUT2D eigenvalue weighted by atomic mass is 9.93. The second-order valence-electron chi connectivity index (χ2n) is 3.29. The van der Waals surface area contributed by atoms with Crippen molar-refractivity contribution in [1.29, 1.82) is 0 Å². The van der Waals surface area contributed by atoms with Gasteiger partial charge in [-0.3, -0.25) is 0 Å². The minimum Gasteiger partial charge on any atom is -0.393 e. The second-order valence-corrected chi connectivity index (χ2v) is 3.29. The average molecular weight is 143 g/mol. The Kier molecular flexibility index (Phi) is 2.69. The molecule has 10 heavy (non-hydrogen) atoms. The van der Waals surface area contributed by atoms with Gasteiger partial charge in [-0.1, -0.05) is 6.92 Å². The van der Waals surface area contributed by atoms with Gasteiger partial charge in [-0.2, -0.15) is 0 Å². The van der Waals surface area contributed by atoms with E-state index in [1.54, 1.807) is 0 Å². The predicted octanol–water partition coefficient (Wildman–Crippen LogP) is 0.709. The van der Waals surface area contributed by atoms with Crippen molar-refractivity contribution in [2.45, 2.75) is 25.9 Å². The molecule has 1 saturated heterocycles. The maximum atomic E-state index is 9.46. The number of aliphatic hydroxyl groups excluding tert-OH is 1. The van der Waals surface area contributed by atoms with Crippen LogP contribution in [0.1, 0.15) is 19.8 Å². The number of nitrogens with zero attached hydrogens (tertiary/aromatic N) is 1. The molecule has 60 valence electrons. The molecule has 2 nitrogen and oxygen atoms in total. The fourth-order valence-electron chi connectivity index (χ4n) is 1.60. The molecule has 0 aliphatic carbocycles. The summed E-state index contributed by atoms with van der Waals surface area (Å²) >= 11 is 0. The van der Waals surface area contributed by atoms with Crippen LogP contribution in [0.5, 0.6) is 0 Å². The van der Waals surface area contributed by atoms with Crippen LogP contribution in [-0.2, 0) is 0 Å². The van der Waals surface area contributed by atoms with E-state index in [1.807, 2.05) is 0 Å². The molecule has 0 aromatic carbocycles. The molecule has 1 heterocycles. The van der Waals surface area contributed by atoms with Crippen molar-refractivity contribution in [3.05, 3.63) is 0 Å². The summed E-state index contributed by atoms with van der Waals surface area (Å²) in [6, 6.07) is 0. The molecular formula is C8H17NO. The van der Waals surface area contributed by atoms with Crippen molar-refractivity contribution in [3.8, 4) is 0 Å². The topological polar surface area (TPSA) is 23.5 Å². The number of hydrogen-bond donors (Lipinski definition) is 1. The summed E-state index contributed by atoms with van der Waals surface area (Å²) in [5.41, 5.74) is 0. The molecule has 0 spiro atoms. The third-order valence-corrected chi connectivity index (χ3v) is 2.42. The normalized spacial score (nSPS) is 36.3. The average Bonchev–Trinajstić information content (AvgIpc) is 1.94. The zero-order valence-corrected chi connectivity index (χ0v) is 6.88. The van der Waals surface area contributed by atoms with Crippen LogP contribution in [0.15, 0.2) is 0 Å². The highest BCUT2D eigenvalue weighted by molar-refractivity contribution is 4.76. The number of hydrogen-bond acceptors (Lipinski definition) is 2. The van der Waals surface area contributed by atoms with E-state index in [1.165, 1.54) is 0 Å². The van der Waals surface area contributed by atoms with Crippen LogP contribution in [0.25, 0.3) is 0 Å². The van der Waals surface area contributed by atoms with E-state index in [-0.39, 0.29) is 6.10 Å². The van der Waals surface area contributed by atoms with E-state index in [4.69, 9.17) is 0 Å². The van der Waals surface area contributed by atoms with Crippen molar-refractivity contribution in [3.63, 3.8) is 0 Å². The second kappa shape index (κ2) is 3.35. The number of piperidine rings is 1. The molecule has 0 radical (unpaired) electrons. The minimum absolute atomic E-state index is 0.0406. The van der Waals surface area contributed by atoms with Crippen molar-refractivity contribution in [2.75, 3.05) is 20.1 Å². The summed E-state index contributed by atoms with van der Waals surface area (Å²) in [5.74, 6) is 0.513. The van der Waals surface area contributed by atoms with Gasteiger partial charge in [0, 0.05) is 13.1 Å². The molecule has 0 aromatic rings. The molecule has 2 heteroatoms. The standard InChI is InChI=1S/C8H17NO/c1-3-7-6-9(2)5-4-8(7)10/h7-8,10H,3-6H2,1-2H3/t7-,8+/m1/s1. The monoisotopic (exact) mass is 143 g/mol. The zero-order valence-electron chi connectivity index (χ0n) is 6.88. The summed E-state index contributed by atoms with van der Waals surface area (Å²) < 4.78 is 0. The van der Waals surface area contributed by atoms with Crippen LogP contribution in [0.2, 0.25) is 0 Å². The Morgan fingerprint density at radius 1 is 1.60 bits per heavy atom. The Labute approximate surface area is 62.8 Å². The lowest BCUT2D eigenvalue weighted by Crippen LogP contribution is -2.40. The summed E-state index contributed by atoms with van der Waals surface area (Å²) in [6.45, 7) is 4.27. The lowest BCUT2D eigenvalue weighted by Gasteiger charge is -2.33. The minimum atomic E-state index is -0.0406. The molecule has 0 saturated carbocycles. The summed E-state index contributed by atoms with van der Waals surface area (Å²) in [4.78, 5) is 2.29. The first-order chi connectivity index (χ1) is 4.74. The van der Waals surface area contributed by atoms with Crippen LogP contribution in [0.3, 0.4) is 0 Å². The third-order valence-electron chi connectivity index (χ3n) is 2.42. The smallest absolute Gasteiger partial charge is 0.0592 e. The Bertz CT molecular complexity index is 105. The number of likely N-dealkylation sites (tertiary alicyclic amines) is 1. The van der Waals surface area contributed by atoms with Gasteiger partial charge in [-0.15, -0.1) is 0 Å². The number of aliphatic hydroxyl groups is 1. The Morgan fingerprint density at radius 3 is 2.80 bits per heavy atom. The molecular weight excluding hydrogens is 126 g/mol. The first-order valence-electron chi connectivity index (χ1n) is 4.10. The molecule has 0 amide bonds. The largest absolute Gasteiger partial charge is 0.393 e. The van der Waals surface area contributed by atoms with E-state index < -0.39 is 0 Å². The summed E-state index contributed by atoms with van der Waals surface area (Å²) in [7, 11) is 2.12. The maximum Gasteiger partial charge on any atom is 0.0592 e. The van der Waals surface area contributed by atoms with Crippen molar-refractivity contribution in [1.82, 2.24) is 4.90 Å². The molecule has 0 unspecified atom stereocenters. The lowest BCUT2D eigenvalue weighted by molar-refractivity contribution is 0.0348. The molecule has 1 fully saturated rings. The van der Waals surface area contributed by atoms with Crippen molar-refractivity contribution < 1.29 is 5.11 Å². The summed E-state index contributed by atoms with van der Waals surface area (Å²) in [5, 5.41) is 9.46. The quantitative estimate of drug-likeness (QED) is 0.584. The first kappa shape index (κ1) is 8.02. The van der Waals surface area contributed by atoms with Gasteiger partial charge in [0.25, 0.3) is 0 Å². The Morgan fingerprint density at radius 2 is 2.30 bits per heavy atom. The molecule has 1 rings (SSSR count). The van der Waals surface area contributed by atoms with E-state index in [0.29, 0.717) is 5.92 Å². The fourth-order valence-corrected chi connectivity index (χ4v) is 1.60. The van der Waals surface area contributed by atoms with Gasteiger partial charge in [0.05, 0.1) is 6.10 Å². The van der Waals surface area contributed by atoms with Crippen molar-refractivity contribution in [2.24, 2.45) is 5.92 Å². The predicted molar refractivity (Wildman–Crippen MR) is 41.9 cm³/mol. The molecule has 1 aliphatic heterocycles. The first-order valence-corrected chi connectivity index (χ1v) is 4.10. The Balaban J connectivity index is 2.38. The van der Waals surface area contributed by atoms with Gasteiger partial charge in [0.2, 0.25) is 0 Å². The van der Waals surface area contributed by atoms with Gasteiger partial charge in [0.15, 0.2) is 0 Å². The molecule has 1 aliphatic rings. The van der Waals surface area contributed by atoms with E-state index >= 15 is 0 Å². The highest BCUT2D eigenvalue weighted by atomic mass is 16.3. The van der Waals surface area contributed by atoms with Gasteiger partial charge >= 0.3 is 0 Å². The molecule has 1 N–H and O–H groups in total. The highest BCUT2D eigenvalue weighted by Gasteiger charge is 2.23. The van der Waals surface area contributed by atoms with Crippen molar-refractivity contribution >= 4 is 0 Å². The van der Waals surface area contributed by atoms with Gasteiger partial charge < -0.3 is 10.0 Å². The van der Waals surface area contributed by atoms with E-state index in [9.17, 15) is 5.11 Å². The summed E-state index contributed by atoms with van der Waals surface area (Å²) in [6.07, 6.45) is 2.02. The van der Waals surface area contributed by atoms with Gasteiger partial charge in [-0.25, -0.2) is 0 Å². The molecule has 2 atom stereocenters. The van der Waals surface area contributed by atoms with Crippen LogP contribution < -0.4 is 0 Å². The van der Waals surface area contributed by atoms with E-state index in [0.717, 1.165) is 25.9 Å². The van der Waals surface area contributed by atoms with Gasteiger partial charge in [-0.05, 0) is 25.8 Å². The SMILES string of the molecule is CC[C@@H]1CN(C)CC[C@@H]1O.